The van der Waals surface area contributed by atoms with Gasteiger partial charge in [0.15, 0.2) is 0 Å². The van der Waals surface area contributed by atoms with E-state index in [1.165, 1.54) is 32.1 Å². The van der Waals surface area contributed by atoms with Crippen molar-refractivity contribution in [3.63, 3.8) is 0 Å². The average molecular weight is 197 g/mol. The van der Waals surface area contributed by atoms with Crippen molar-refractivity contribution in [1.82, 2.24) is 5.43 Å². The number of primary amides is 1. The van der Waals surface area contributed by atoms with E-state index in [0.29, 0.717) is 5.92 Å². The molecule has 2 amide bonds. The molecule has 0 aromatic carbocycles. The molecule has 80 valence electrons. The van der Waals surface area contributed by atoms with Gasteiger partial charge in [-0.1, -0.05) is 19.8 Å². The molecule has 1 fully saturated rings. The summed E-state index contributed by atoms with van der Waals surface area (Å²) in [6, 6.07) is -0.571. The summed E-state index contributed by atoms with van der Waals surface area (Å²) in [5.74, 6) is 0.556. The molecular weight excluding hydrogens is 178 g/mol. The molecule has 0 aromatic heterocycles. The second-order valence-electron chi connectivity index (χ2n) is 3.81. The van der Waals surface area contributed by atoms with Crippen molar-refractivity contribution in [3.8, 4) is 0 Å². The number of carbonyl (C=O) groups excluding carboxylic acids is 1. The average Bonchev–Trinajstić information content (AvgIpc) is 2.17. The molecule has 1 unspecified atom stereocenters. The first-order chi connectivity index (χ1) is 6.74. The van der Waals surface area contributed by atoms with Crippen molar-refractivity contribution in [1.29, 1.82) is 0 Å². The van der Waals surface area contributed by atoms with Crippen LogP contribution in [0.25, 0.3) is 0 Å². The molecule has 0 aliphatic heterocycles. The summed E-state index contributed by atoms with van der Waals surface area (Å²) in [6.07, 6.45) is 7.00. The predicted octanol–water partition coefficient (Wildman–Crippen LogP) is 2.00. The number of nitrogens with two attached hydrogens (primary N) is 1. The van der Waals surface area contributed by atoms with Gasteiger partial charge in [-0.2, -0.15) is 5.10 Å². The molecule has 0 radical (unpaired) electrons. The van der Waals surface area contributed by atoms with E-state index in [1.807, 2.05) is 0 Å². The van der Waals surface area contributed by atoms with Crippen LogP contribution < -0.4 is 11.2 Å². The molecule has 0 heterocycles. The van der Waals surface area contributed by atoms with Crippen molar-refractivity contribution in [2.45, 2.75) is 45.4 Å². The Labute approximate surface area is 84.9 Å². The Morgan fingerprint density at radius 2 is 2.43 bits per heavy atom. The lowest BCUT2D eigenvalue weighted by atomic mass is 9.84. The Morgan fingerprint density at radius 1 is 1.64 bits per heavy atom. The molecule has 1 rings (SSSR count). The lowest BCUT2D eigenvalue weighted by Gasteiger charge is -2.23. The van der Waals surface area contributed by atoms with Crippen LogP contribution in [0.5, 0.6) is 0 Å². The number of nitrogens with one attached hydrogen (secondary N) is 1. The fourth-order valence-corrected chi connectivity index (χ4v) is 2.00. The van der Waals surface area contributed by atoms with Crippen LogP contribution in [0.4, 0.5) is 4.79 Å². The maximum atomic E-state index is 10.5. The molecule has 1 aliphatic rings. The van der Waals surface area contributed by atoms with E-state index < -0.39 is 6.03 Å². The minimum Gasteiger partial charge on any atom is -0.350 e. The van der Waals surface area contributed by atoms with E-state index in [1.54, 1.807) is 0 Å². The maximum absolute atomic E-state index is 10.5. The molecular formula is C10H19N3O. The Kier molecular flexibility index (Phi) is 4.43. The minimum absolute atomic E-state index is 0.556. The standard InChI is InChI=1S/C10H19N3O/c1-2-5-8-6-3-4-7-9(8)12-13-10(11)14/h8H,2-7H2,1H3,(H3,11,13,14)/b12-9+. The van der Waals surface area contributed by atoms with Gasteiger partial charge in [-0.05, 0) is 31.6 Å². The molecule has 3 N–H and O–H groups in total. The highest BCUT2D eigenvalue weighted by molar-refractivity contribution is 5.88. The fourth-order valence-electron chi connectivity index (χ4n) is 2.00. The van der Waals surface area contributed by atoms with Gasteiger partial charge in [0.25, 0.3) is 0 Å². The summed E-state index contributed by atoms with van der Waals surface area (Å²) in [7, 11) is 0. The number of urea groups is 1. The fraction of sp³-hybridized carbons (Fsp3) is 0.800. The monoisotopic (exact) mass is 197 g/mol. The van der Waals surface area contributed by atoms with Crippen LogP contribution in [-0.4, -0.2) is 11.7 Å². The van der Waals surface area contributed by atoms with E-state index in [-0.39, 0.29) is 0 Å². The Morgan fingerprint density at radius 3 is 3.07 bits per heavy atom. The lowest BCUT2D eigenvalue weighted by molar-refractivity contribution is 0.249. The third-order valence-corrected chi connectivity index (χ3v) is 2.65. The summed E-state index contributed by atoms with van der Waals surface area (Å²) >= 11 is 0. The second-order valence-corrected chi connectivity index (χ2v) is 3.81. The summed E-state index contributed by atoms with van der Waals surface area (Å²) in [5, 5.41) is 4.07. The van der Waals surface area contributed by atoms with Gasteiger partial charge in [0, 0.05) is 5.71 Å². The topological polar surface area (TPSA) is 67.5 Å². The smallest absolute Gasteiger partial charge is 0.332 e. The zero-order valence-electron chi connectivity index (χ0n) is 8.75. The van der Waals surface area contributed by atoms with Crippen LogP contribution in [-0.2, 0) is 0 Å². The van der Waals surface area contributed by atoms with Crippen LogP contribution in [0.1, 0.15) is 45.4 Å². The number of rotatable bonds is 3. The highest BCUT2D eigenvalue weighted by Crippen LogP contribution is 2.25. The summed E-state index contributed by atoms with van der Waals surface area (Å²) in [4.78, 5) is 10.5. The number of hydrogen-bond donors (Lipinski definition) is 2. The highest BCUT2D eigenvalue weighted by atomic mass is 16.2. The Balaban J connectivity index is 2.52. The third kappa shape index (κ3) is 3.36. The first kappa shape index (κ1) is 11.0. The van der Waals surface area contributed by atoms with Gasteiger partial charge in [0.2, 0.25) is 0 Å². The largest absolute Gasteiger partial charge is 0.350 e. The number of carbonyl (C=O) groups is 1. The molecule has 4 heteroatoms. The van der Waals surface area contributed by atoms with E-state index in [0.717, 1.165) is 12.1 Å². The quantitative estimate of drug-likeness (QED) is 0.667. The molecule has 4 nitrogen and oxygen atoms in total. The van der Waals surface area contributed by atoms with Gasteiger partial charge in [0.1, 0.15) is 0 Å². The molecule has 1 saturated carbocycles. The summed E-state index contributed by atoms with van der Waals surface area (Å²) in [6.45, 7) is 2.17. The van der Waals surface area contributed by atoms with Crippen LogP contribution in [0.2, 0.25) is 0 Å². The minimum atomic E-state index is -0.571. The van der Waals surface area contributed by atoms with Gasteiger partial charge < -0.3 is 5.73 Å². The Bertz CT molecular complexity index is 223. The molecule has 0 bridgehead atoms. The van der Waals surface area contributed by atoms with E-state index >= 15 is 0 Å². The molecule has 0 aromatic rings. The van der Waals surface area contributed by atoms with Crippen molar-refractivity contribution >= 4 is 11.7 Å². The van der Waals surface area contributed by atoms with Gasteiger partial charge in [-0.3, -0.25) is 0 Å². The van der Waals surface area contributed by atoms with Crippen molar-refractivity contribution in [3.05, 3.63) is 0 Å². The van der Waals surface area contributed by atoms with E-state index in [2.05, 4.69) is 17.5 Å². The van der Waals surface area contributed by atoms with Crippen LogP contribution >= 0.6 is 0 Å². The van der Waals surface area contributed by atoms with Crippen LogP contribution in [0, 0.1) is 5.92 Å². The number of hydrogen-bond acceptors (Lipinski definition) is 2. The van der Waals surface area contributed by atoms with Crippen LogP contribution in [0.15, 0.2) is 5.10 Å². The highest BCUT2D eigenvalue weighted by Gasteiger charge is 2.19. The number of hydrazone groups is 1. The van der Waals surface area contributed by atoms with Crippen molar-refractivity contribution in [2.24, 2.45) is 16.8 Å². The van der Waals surface area contributed by atoms with E-state index in [4.69, 9.17) is 5.73 Å². The second kappa shape index (κ2) is 5.62. The zero-order valence-corrected chi connectivity index (χ0v) is 8.75. The SMILES string of the molecule is CCCC1CCCC/C1=N\NC(N)=O. The zero-order chi connectivity index (χ0) is 10.4. The van der Waals surface area contributed by atoms with Crippen LogP contribution in [0.3, 0.4) is 0 Å². The maximum Gasteiger partial charge on any atom is 0.332 e. The van der Waals surface area contributed by atoms with Gasteiger partial charge in [-0.25, -0.2) is 10.2 Å². The van der Waals surface area contributed by atoms with Gasteiger partial charge in [-0.15, -0.1) is 0 Å². The summed E-state index contributed by atoms with van der Waals surface area (Å²) < 4.78 is 0. The molecule has 14 heavy (non-hydrogen) atoms. The third-order valence-electron chi connectivity index (χ3n) is 2.65. The van der Waals surface area contributed by atoms with E-state index in [9.17, 15) is 4.79 Å². The number of amides is 2. The predicted molar refractivity (Wildman–Crippen MR) is 57.0 cm³/mol. The molecule has 0 saturated heterocycles. The molecule has 1 atom stereocenters. The lowest BCUT2D eigenvalue weighted by Crippen LogP contribution is -2.29. The van der Waals surface area contributed by atoms with Crippen molar-refractivity contribution < 1.29 is 4.79 Å². The first-order valence-corrected chi connectivity index (χ1v) is 5.36. The number of nitrogens with zero attached hydrogens (tertiary/aromatic N) is 1. The molecule has 1 aliphatic carbocycles. The Hall–Kier alpha value is -1.06. The molecule has 0 spiro atoms. The summed E-state index contributed by atoms with van der Waals surface area (Å²) in [5.41, 5.74) is 8.42. The normalized spacial score (nSPS) is 24.9. The van der Waals surface area contributed by atoms with Gasteiger partial charge in [0.05, 0.1) is 0 Å². The van der Waals surface area contributed by atoms with Crippen molar-refractivity contribution in [2.75, 3.05) is 0 Å². The van der Waals surface area contributed by atoms with Gasteiger partial charge >= 0.3 is 6.03 Å². The first-order valence-electron chi connectivity index (χ1n) is 5.36.